The molecule has 0 atom stereocenters. The molecule has 6 heteroatoms. The average molecular weight is 435 g/mol. The predicted molar refractivity (Wildman–Crippen MR) is 106 cm³/mol. The molecule has 0 aromatic heterocycles. The fraction of sp³-hybridized carbons (Fsp3) is 0.632. The van der Waals surface area contributed by atoms with Gasteiger partial charge in [-0.25, -0.2) is 0 Å². The lowest BCUT2D eigenvalue weighted by Gasteiger charge is -2.33. The molecular weight excluding hydrogens is 406 g/mol. The number of rotatable bonds is 7. The number of carbonyl (C=O) groups excluding carboxylic acids is 1. The van der Waals surface area contributed by atoms with Crippen LogP contribution in [0.25, 0.3) is 0 Å². The minimum absolute atomic E-state index is 0.0806. The minimum Gasteiger partial charge on any atom is -0.491 e. The van der Waals surface area contributed by atoms with Gasteiger partial charge >= 0.3 is 0 Å². The van der Waals surface area contributed by atoms with Crippen molar-refractivity contribution in [3.63, 3.8) is 0 Å². The van der Waals surface area contributed by atoms with Gasteiger partial charge in [0, 0.05) is 15.6 Å². The predicted octanol–water partition coefficient (Wildman–Crippen LogP) is 5.33. The van der Waals surface area contributed by atoms with Crippen LogP contribution in [0.1, 0.15) is 70.3 Å². The molecule has 25 heavy (non-hydrogen) atoms. The fourth-order valence-corrected chi connectivity index (χ4v) is 4.03. The summed E-state index contributed by atoms with van der Waals surface area (Å²) < 4.78 is 6.31. The highest BCUT2D eigenvalue weighted by Crippen LogP contribution is 2.38. The lowest BCUT2D eigenvalue weighted by atomic mass is 9.81. The Balaban J connectivity index is 3.23. The van der Waals surface area contributed by atoms with E-state index in [1.54, 1.807) is 6.07 Å². The summed E-state index contributed by atoms with van der Waals surface area (Å²) in [6, 6.07) is 1.66. The van der Waals surface area contributed by atoms with Crippen LogP contribution in [0.2, 0.25) is 5.02 Å². The maximum atomic E-state index is 12.9. The van der Waals surface area contributed by atoms with Crippen LogP contribution >= 0.6 is 27.5 Å². The highest BCUT2D eigenvalue weighted by atomic mass is 79.9. The van der Waals surface area contributed by atoms with E-state index in [0.717, 1.165) is 12.8 Å². The Morgan fingerprint density at radius 2 is 1.92 bits per heavy atom. The number of nitrogens with one attached hydrogen (secondary N) is 1. The molecule has 0 radical (unpaired) electrons. The standard InChI is InChI=1S/C19H29BrClNO3/c1-7-8-25-16-12(9-14(20)13(10-23)15(16)21)17(24)22-19(5,6)11-18(2,3)4/h9,23H,7-8,10-11H2,1-6H3,(H,22,24). The molecule has 1 rings (SSSR count). The van der Waals surface area contributed by atoms with Crippen LogP contribution in [0.4, 0.5) is 0 Å². The molecule has 0 heterocycles. The lowest BCUT2D eigenvalue weighted by Crippen LogP contribution is -2.46. The molecule has 0 aliphatic carbocycles. The van der Waals surface area contributed by atoms with Gasteiger partial charge in [-0.1, -0.05) is 55.2 Å². The van der Waals surface area contributed by atoms with Crippen molar-refractivity contribution in [1.29, 1.82) is 0 Å². The first-order valence-corrected chi connectivity index (χ1v) is 9.66. The van der Waals surface area contributed by atoms with Crippen molar-refractivity contribution in [3.8, 4) is 5.75 Å². The molecule has 0 fully saturated rings. The summed E-state index contributed by atoms with van der Waals surface area (Å²) in [6.45, 7) is 12.6. The van der Waals surface area contributed by atoms with E-state index < -0.39 is 0 Å². The van der Waals surface area contributed by atoms with Crippen LogP contribution < -0.4 is 10.1 Å². The Bertz CT molecular complexity index is 624. The molecule has 0 saturated heterocycles. The van der Waals surface area contributed by atoms with Crippen molar-refractivity contribution in [1.82, 2.24) is 5.32 Å². The van der Waals surface area contributed by atoms with Gasteiger partial charge in [-0.05, 0) is 38.2 Å². The van der Waals surface area contributed by atoms with Gasteiger partial charge in [0.15, 0.2) is 5.75 Å². The quantitative estimate of drug-likeness (QED) is 0.610. The number of aliphatic hydroxyl groups is 1. The number of ether oxygens (including phenoxy) is 1. The van der Waals surface area contributed by atoms with Crippen molar-refractivity contribution in [3.05, 3.63) is 26.7 Å². The number of hydrogen-bond donors (Lipinski definition) is 2. The molecule has 4 nitrogen and oxygen atoms in total. The van der Waals surface area contributed by atoms with E-state index in [1.165, 1.54) is 0 Å². The van der Waals surface area contributed by atoms with Crippen molar-refractivity contribution in [2.45, 2.75) is 66.5 Å². The summed E-state index contributed by atoms with van der Waals surface area (Å²) in [6.07, 6.45) is 1.61. The van der Waals surface area contributed by atoms with Crippen molar-refractivity contribution < 1.29 is 14.6 Å². The van der Waals surface area contributed by atoms with Gasteiger partial charge in [0.2, 0.25) is 0 Å². The number of hydrogen-bond acceptors (Lipinski definition) is 3. The van der Waals surface area contributed by atoms with E-state index in [2.05, 4.69) is 42.0 Å². The van der Waals surface area contributed by atoms with Gasteiger partial charge in [0.05, 0.1) is 23.8 Å². The summed E-state index contributed by atoms with van der Waals surface area (Å²) >= 11 is 9.76. The molecule has 1 aromatic carbocycles. The molecule has 1 amide bonds. The molecular formula is C19H29BrClNO3. The second-order valence-corrected chi connectivity index (χ2v) is 9.34. The first-order chi connectivity index (χ1) is 11.4. The van der Waals surface area contributed by atoms with Crippen LogP contribution in [-0.2, 0) is 6.61 Å². The Kier molecular flexibility index (Phi) is 7.78. The Labute approximate surface area is 164 Å². The van der Waals surface area contributed by atoms with Gasteiger partial charge in [-0.15, -0.1) is 0 Å². The van der Waals surface area contributed by atoms with Crippen molar-refractivity contribution in [2.24, 2.45) is 5.41 Å². The zero-order valence-electron chi connectivity index (χ0n) is 15.9. The summed E-state index contributed by atoms with van der Waals surface area (Å²) in [5.41, 5.74) is 0.575. The molecule has 0 saturated carbocycles. The third-order valence-corrected chi connectivity index (χ3v) is 4.65. The normalized spacial score (nSPS) is 12.2. The van der Waals surface area contributed by atoms with Gasteiger partial charge in [-0.3, -0.25) is 4.79 Å². The maximum Gasteiger partial charge on any atom is 0.255 e. The Morgan fingerprint density at radius 3 is 2.40 bits per heavy atom. The molecule has 0 aliphatic heterocycles. The zero-order chi connectivity index (χ0) is 19.4. The van der Waals surface area contributed by atoms with Gasteiger partial charge in [0.1, 0.15) is 0 Å². The molecule has 2 N–H and O–H groups in total. The van der Waals surface area contributed by atoms with Crippen LogP contribution in [0.15, 0.2) is 10.5 Å². The molecule has 0 aliphatic rings. The first-order valence-electron chi connectivity index (χ1n) is 8.49. The van der Waals surface area contributed by atoms with Gasteiger partial charge < -0.3 is 15.2 Å². The highest BCUT2D eigenvalue weighted by Gasteiger charge is 2.29. The smallest absolute Gasteiger partial charge is 0.255 e. The zero-order valence-corrected chi connectivity index (χ0v) is 18.3. The monoisotopic (exact) mass is 433 g/mol. The summed E-state index contributed by atoms with van der Waals surface area (Å²) in [7, 11) is 0. The topological polar surface area (TPSA) is 58.6 Å². The van der Waals surface area contributed by atoms with Crippen molar-refractivity contribution >= 4 is 33.4 Å². The second kappa shape index (κ2) is 8.74. The highest BCUT2D eigenvalue weighted by molar-refractivity contribution is 9.10. The van der Waals surface area contributed by atoms with E-state index >= 15 is 0 Å². The Morgan fingerprint density at radius 1 is 1.32 bits per heavy atom. The lowest BCUT2D eigenvalue weighted by molar-refractivity contribution is 0.0887. The van der Waals surface area contributed by atoms with Crippen LogP contribution in [0.5, 0.6) is 5.75 Å². The Hall–Kier alpha value is -0.780. The number of aliphatic hydroxyl groups excluding tert-OH is 1. The molecule has 1 aromatic rings. The molecule has 0 bridgehead atoms. The third kappa shape index (κ3) is 6.46. The third-order valence-electron chi connectivity index (χ3n) is 3.55. The average Bonchev–Trinajstić information content (AvgIpc) is 2.43. The van der Waals surface area contributed by atoms with Gasteiger partial charge in [0.25, 0.3) is 5.91 Å². The first kappa shape index (κ1) is 22.3. The number of halogens is 2. The van der Waals surface area contributed by atoms with E-state index in [4.69, 9.17) is 16.3 Å². The molecule has 142 valence electrons. The molecule has 0 spiro atoms. The van der Waals surface area contributed by atoms with E-state index in [1.807, 2.05) is 20.8 Å². The summed E-state index contributed by atoms with van der Waals surface area (Å²) in [5.74, 6) is 0.0762. The van der Waals surface area contributed by atoms with Crippen molar-refractivity contribution in [2.75, 3.05) is 6.61 Å². The van der Waals surface area contributed by atoms with E-state index in [0.29, 0.717) is 28.0 Å². The second-order valence-electron chi connectivity index (χ2n) is 8.11. The van der Waals surface area contributed by atoms with Crippen LogP contribution in [0, 0.1) is 5.41 Å². The fourth-order valence-electron chi connectivity index (χ4n) is 3.04. The van der Waals surface area contributed by atoms with Crippen LogP contribution in [0.3, 0.4) is 0 Å². The SMILES string of the molecule is CCCOc1c(C(=O)NC(C)(C)CC(C)(C)C)cc(Br)c(CO)c1Cl. The van der Waals surface area contributed by atoms with E-state index in [9.17, 15) is 9.90 Å². The minimum atomic E-state index is -0.383. The summed E-state index contributed by atoms with van der Waals surface area (Å²) in [5, 5.41) is 12.9. The van der Waals surface area contributed by atoms with E-state index in [-0.39, 0.29) is 28.5 Å². The van der Waals surface area contributed by atoms with Crippen LogP contribution in [-0.4, -0.2) is 23.2 Å². The number of carbonyl (C=O) groups is 1. The molecule has 0 unspecified atom stereocenters. The maximum absolute atomic E-state index is 12.9. The number of benzene rings is 1. The summed E-state index contributed by atoms with van der Waals surface area (Å²) in [4.78, 5) is 12.9. The number of amides is 1. The largest absolute Gasteiger partial charge is 0.491 e. The van der Waals surface area contributed by atoms with Gasteiger partial charge in [-0.2, -0.15) is 0 Å².